The molecule has 0 unspecified atom stereocenters. The summed E-state index contributed by atoms with van der Waals surface area (Å²) in [6.07, 6.45) is 4.91. The summed E-state index contributed by atoms with van der Waals surface area (Å²) in [6.45, 7) is 2.06. The summed E-state index contributed by atoms with van der Waals surface area (Å²) in [4.78, 5) is 18.0. The summed E-state index contributed by atoms with van der Waals surface area (Å²) >= 11 is 1.42. The number of fused-ring (bicyclic) bond motifs is 1. The molecule has 0 amide bonds. The van der Waals surface area contributed by atoms with Crippen LogP contribution in [0.2, 0.25) is 0 Å². The van der Waals surface area contributed by atoms with E-state index < -0.39 is 0 Å². The average molecular weight is 390 g/mol. The van der Waals surface area contributed by atoms with Crippen molar-refractivity contribution in [2.24, 2.45) is 0 Å². The number of hydrogen-bond donors (Lipinski definition) is 0. The molecule has 4 rings (SSSR count). The smallest absolute Gasteiger partial charge is 0.262 e. The Morgan fingerprint density at radius 3 is 2.61 bits per heavy atom. The minimum atomic E-state index is -0.288. The van der Waals surface area contributed by atoms with Crippen molar-refractivity contribution in [3.05, 3.63) is 70.0 Å². The highest BCUT2D eigenvalue weighted by molar-refractivity contribution is 8.00. The molecule has 0 spiro atoms. The van der Waals surface area contributed by atoms with Crippen LogP contribution in [0.15, 0.2) is 58.5 Å². The van der Waals surface area contributed by atoms with E-state index in [1.54, 1.807) is 0 Å². The van der Waals surface area contributed by atoms with Crippen molar-refractivity contribution in [2.45, 2.75) is 55.5 Å². The molecule has 0 aliphatic heterocycles. The van der Waals surface area contributed by atoms with Crippen LogP contribution in [0.4, 0.5) is 0 Å². The summed E-state index contributed by atoms with van der Waals surface area (Å²) in [5.41, 5.74) is 3.06. The molecule has 0 radical (unpaired) electrons. The fraction of sp³-hybridized carbons (Fsp3) is 0.348. The highest BCUT2D eigenvalue weighted by Gasteiger charge is 2.25. The third-order valence-corrected chi connectivity index (χ3v) is 6.45. The van der Waals surface area contributed by atoms with Crippen molar-refractivity contribution in [1.82, 2.24) is 9.55 Å². The molecule has 1 fully saturated rings. The van der Waals surface area contributed by atoms with Crippen LogP contribution in [0.3, 0.4) is 0 Å². The number of nitrogens with zero attached hydrogens (tertiary/aromatic N) is 3. The molecule has 1 saturated carbocycles. The maximum absolute atomic E-state index is 13.2. The molecule has 28 heavy (non-hydrogen) atoms. The monoisotopic (exact) mass is 389 g/mol. The quantitative estimate of drug-likeness (QED) is 0.453. The van der Waals surface area contributed by atoms with E-state index in [-0.39, 0.29) is 16.9 Å². The Morgan fingerprint density at radius 1 is 1.18 bits per heavy atom. The van der Waals surface area contributed by atoms with Gasteiger partial charge >= 0.3 is 0 Å². The Kier molecular flexibility index (Phi) is 5.50. The molecule has 2 aromatic carbocycles. The zero-order chi connectivity index (χ0) is 19.5. The van der Waals surface area contributed by atoms with Gasteiger partial charge < -0.3 is 0 Å². The second-order valence-electron chi connectivity index (χ2n) is 7.45. The molecule has 0 bridgehead atoms. The van der Waals surface area contributed by atoms with Gasteiger partial charge in [-0.2, -0.15) is 5.26 Å². The topological polar surface area (TPSA) is 58.7 Å². The van der Waals surface area contributed by atoms with Gasteiger partial charge in [-0.25, -0.2) is 4.98 Å². The average Bonchev–Trinajstić information content (AvgIpc) is 3.23. The Hall–Kier alpha value is -2.58. The van der Waals surface area contributed by atoms with E-state index in [4.69, 9.17) is 4.98 Å². The molecular weight excluding hydrogens is 366 g/mol. The summed E-state index contributed by atoms with van der Waals surface area (Å²) < 4.78 is 1.86. The van der Waals surface area contributed by atoms with Crippen LogP contribution < -0.4 is 5.56 Å². The predicted octanol–water partition coefficient (Wildman–Crippen LogP) is 5.05. The zero-order valence-electron chi connectivity index (χ0n) is 16.0. The first-order valence-corrected chi connectivity index (χ1v) is 10.7. The van der Waals surface area contributed by atoms with Crippen molar-refractivity contribution >= 4 is 22.7 Å². The van der Waals surface area contributed by atoms with Gasteiger partial charge in [-0.15, -0.1) is 0 Å². The molecule has 3 aromatic rings. The van der Waals surface area contributed by atoms with Gasteiger partial charge in [0.2, 0.25) is 0 Å². The third kappa shape index (κ3) is 3.83. The van der Waals surface area contributed by atoms with E-state index in [1.807, 2.05) is 28.8 Å². The minimum Gasteiger partial charge on any atom is -0.284 e. The van der Waals surface area contributed by atoms with E-state index in [9.17, 15) is 10.1 Å². The Labute approximate surface area is 169 Å². The van der Waals surface area contributed by atoms with Crippen molar-refractivity contribution < 1.29 is 0 Å². The minimum absolute atomic E-state index is 0.0204. The lowest BCUT2D eigenvalue weighted by molar-refractivity contribution is 0.457. The van der Waals surface area contributed by atoms with Crippen LogP contribution in [0.5, 0.6) is 0 Å². The van der Waals surface area contributed by atoms with E-state index in [1.165, 1.54) is 17.3 Å². The lowest BCUT2D eigenvalue weighted by atomic mass is 10.1. The second kappa shape index (κ2) is 8.20. The standard InChI is InChI=1S/C23H23N3OS/c1-16-10-12-17(13-11-16)14-19(15-24)28-23-25-21-9-5-4-8-20(21)22(27)26(23)18-6-2-3-7-18/h4-5,8-13,18-19H,2-3,6-7,14H2,1H3/t19-/m1/s1. The summed E-state index contributed by atoms with van der Waals surface area (Å²) in [5.74, 6) is 0. The Balaban J connectivity index is 1.71. The maximum atomic E-state index is 13.2. The zero-order valence-corrected chi connectivity index (χ0v) is 16.8. The molecule has 1 aliphatic carbocycles. The van der Waals surface area contributed by atoms with E-state index in [2.05, 4.69) is 37.3 Å². The van der Waals surface area contributed by atoms with Crippen LogP contribution in [0.1, 0.15) is 42.9 Å². The van der Waals surface area contributed by atoms with Gasteiger partial charge in [-0.1, -0.05) is 66.6 Å². The molecule has 1 aromatic heterocycles. The first-order chi connectivity index (χ1) is 13.7. The van der Waals surface area contributed by atoms with Gasteiger partial charge in [0.25, 0.3) is 5.56 Å². The fourth-order valence-electron chi connectivity index (χ4n) is 3.87. The third-order valence-electron chi connectivity index (χ3n) is 5.40. The fourth-order valence-corrected chi connectivity index (χ4v) is 4.95. The second-order valence-corrected chi connectivity index (χ2v) is 8.62. The number of nitriles is 1. The molecule has 0 saturated heterocycles. The highest BCUT2D eigenvalue weighted by atomic mass is 32.2. The first-order valence-electron chi connectivity index (χ1n) is 9.79. The van der Waals surface area contributed by atoms with Crippen molar-refractivity contribution in [3.8, 4) is 6.07 Å². The molecular formula is C23H23N3OS. The molecule has 1 aliphatic rings. The number of aryl methyl sites for hydroxylation is 1. The normalized spacial score (nSPS) is 15.6. The van der Waals surface area contributed by atoms with E-state index >= 15 is 0 Å². The number of benzene rings is 2. The molecule has 142 valence electrons. The number of para-hydroxylation sites is 1. The highest BCUT2D eigenvalue weighted by Crippen LogP contribution is 2.33. The van der Waals surface area contributed by atoms with Crippen molar-refractivity contribution in [3.63, 3.8) is 0 Å². The lowest BCUT2D eigenvalue weighted by Crippen LogP contribution is -2.27. The van der Waals surface area contributed by atoms with Gasteiger partial charge in [0.05, 0.1) is 17.0 Å². The summed E-state index contributed by atoms with van der Waals surface area (Å²) in [7, 11) is 0. The van der Waals surface area contributed by atoms with Crippen LogP contribution >= 0.6 is 11.8 Å². The number of rotatable bonds is 5. The van der Waals surface area contributed by atoms with Crippen LogP contribution in [-0.4, -0.2) is 14.8 Å². The van der Waals surface area contributed by atoms with Gasteiger partial charge in [0.1, 0.15) is 5.25 Å². The van der Waals surface area contributed by atoms with Crippen LogP contribution in [0.25, 0.3) is 10.9 Å². The molecule has 0 N–H and O–H groups in total. The van der Waals surface area contributed by atoms with E-state index in [0.717, 1.165) is 31.2 Å². The molecule has 1 atom stereocenters. The largest absolute Gasteiger partial charge is 0.284 e. The summed E-state index contributed by atoms with van der Waals surface area (Å²) in [5, 5.41) is 10.8. The van der Waals surface area contributed by atoms with Crippen LogP contribution in [-0.2, 0) is 6.42 Å². The van der Waals surface area contributed by atoms with Crippen molar-refractivity contribution in [2.75, 3.05) is 0 Å². The number of thioether (sulfide) groups is 1. The predicted molar refractivity (Wildman–Crippen MR) is 114 cm³/mol. The molecule has 1 heterocycles. The Morgan fingerprint density at radius 2 is 1.89 bits per heavy atom. The lowest BCUT2D eigenvalue weighted by Gasteiger charge is -2.20. The summed E-state index contributed by atoms with van der Waals surface area (Å²) in [6, 6.07) is 18.4. The SMILES string of the molecule is Cc1ccc(C[C@H](C#N)Sc2nc3ccccc3c(=O)n2C2CCCC2)cc1. The van der Waals surface area contributed by atoms with Gasteiger partial charge in [0, 0.05) is 6.04 Å². The number of hydrogen-bond acceptors (Lipinski definition) is 4. The molecule has 4 nitrogen and oxygen atoms in total. The first kappa shape index (κ1) is 18.8. The molecule has 5 heteroatoms. The van der Waals surface area contributed by atoms with E-state index in [0.29, 0.717) is 22.5 Å². The van der Waals surface area contributed by atoms with Gasteiger partial charge in [0.15, 0.2) is 5.16 Å². The maximum Gasteiger partial charge on any atom is 0.262 e. The van der Waals surface area contributed by atoms with Gasteiger partial charge in [-0.3, -0.25) is 9.36 Å². The van der Waals surface area contributed by atoms with Crippen molar-refractivity contribution in [1.29, 1.82) is 5.26 Å². The van der Waals surface area contributed by atoms with Crippen LogP contribution in [0, 0.1) is 18.3 Å². The number of aromatic nitrogens is 2. The van der Waals surface area contributed by atoms with Gasteiger partial charge in [-0.05, 0) is 43.9 Å². The Bertz CT molecular complexity index is 1080.